The molecule has 0 unspecified atom stereocenters. The van der Waals surface area contributed by atoms with E-state index in [0.717, 1.165) is 25.3 Å². The van der Waals surface area contributed by atoms with E-state index in [1.807, 2.05) is 0 Å². The normalized spacial score (nSPS) is 21.5. The van der Waals surface area contributed by atoms with Crippen molar-refractivity contribution in [3.8, 4) is 5.75 Å². The highest BCUT2D eigenvalue weighted by Crippen LogP contribution is 2.33. The second-order valence-electron chi connectivity index (χ2n) is 5.70. The summed E-state index contributed by atoms with van der Waals surface area (Å²) in [7, 11) is 0. The van der Waals surface area contributed by atoms with Crippen molar-refractivity contribution in [3.63, 3.8) is 0 Å². The van der Waals surface area contributed by atoms with Crippen LogP contribution in [-0.4, -0.2) is 41.7 Å². The zero-order chi connectivity index (χ0) is 15.0. The maximum atomic E-state index is 13.8. The number of halogens is 2. The molecular formula is C15H17F2NO3. The molecule has 1 heterocycles. The molecule has 114 valence electrons. The van der Waals surface area contributed by atoms with E-state index in [4.69, 9.17) is 4.74 Å². The van der Waals surface area contributed by atoms with Crippen molar-refractivity contribution in [1.29, 1.82) is 0 Å². The summed E-state index contributed by atoms with van der Waals surface area (Å²) in [6, 6.07) is 1.47. The highest BCUT2D eigenvalue weighted by molar-refractivity contribution is 5.97. The minimum atomic E-state index is -1.02. The second-order valence-corrected chi connectivity index (χ2v) is 5.70. The summed E-state index contributed by atoms with van der Waals surface area (Å²) in [5, 5.41) is 9.70. The molecule has 21 heavy (non-hydrogen) atoms. The highest BCUT2D eigenvalue weighted by atomic mass is 19.1. The summed E-state index contributed by atoms with van der Waals surface area (Å²) in [6.07, 6.45) is 2.63. The van der Waals surface area contributed by atoms with Crippen molar-refractivity contribution in [2.45, 2.75) is 25.3 Å². The van der Waals surface area contributed by atoms with Crippen LogP contribution in [0.2, 0.25) is 0 Å². The Hall–Kier alpha value is -1.69. The number of hydrogen-bond acceptors (Lipinski definition) is 3. The molecule has 2 fully saturated rings. The first-order chi connectivity index (χ1) is 10.1. The first kappa shape index (κ1) is 14.3. The summed E-state index contributed by atoms with van der Waals surface area (Å²) < 4.78 is 32.2. The molecule has 1 N–H and O–H groups in total. The van der Waals surface area contributed by atoms with Gasteiger partial charge in [-0.25, -0.2) is 8.78 Å². The van der Waals surface area contributed by atoms with Crippen molar-refractivity contribution in [2.24, 2.45) is 5.92 Å². The standard InChI is InChI=1S/C15H17F2NO3/c16-10-5-12(17)14(13(19)6-10)15(20)18(11-1-2-11)7-9-3-4-21-8-9/h5-6,9,11,19H,1-4,7-8H2/t9-/m1/s1. The van der Waals surface area contributed by atoms with Gasteiger partial charge in [0.15, 0.2) is 0 Å². The van der Waals surface area contributed by atoms with Gasteiger partial charge in [-0.2, -0.15) is 0 Å². The number of carbonyl (C=O) groups is 1. The summed E-state index contributed by atoms with van der Waals surface area (Å²) in [4.78, 5) is 14.1. The fourth-order valence-corrected chi connectivity index (χ4v) is 2.70. The van der Waals surface area contributed by atoms with Crippen LogP contribution >= 0.6 is 0 Å². The number of rotatable bonds is 4. The average Bonchev–Trinajstić information content (AvgIpc) is 3.11. The molecular weight excluding hydrogens is 280 g/mol. The van der Waals surface area contributed by atoms with Crippen LogP contribution in [0.3, 0.4) is 0 Å². The molecule has 1 aromatic carbocycles. The molecule has 4 nitrogen and oxygen atoms in total. The van der Waals surface area contributed by atoms with Gasteiger partial charge >= 0.3 is 0 Å². The molecule has 0 aromatic heterocycles. The lowest BCUT2D eigenvalue weighted by Crippen LogP contribution is -2.38. The average molecular weight is 297 g/mol. The molecule has 0 radical (unpaired) electrons. The molecule has 1 aromatic rings. The number of aromatic hydroxyl groups is 1. The number of phenols is 1. The summed E-state index contributed by atoms with van der Waals surface area (Å²) in [5.41, 5.74) is -0.442. The summed E-state index contributed by atoms with van der Waals surface area (Å²) in [5.74, 6) is -2.90. The van der Waals surface area contributed by atoms with Gasteiger partial charge in [-0.15, -0.1) is 0 Å². The summed E-state index contributed by atoms with van der Waals surface area (Å²) >= 11 is 0. The number of carbonyl (C=O) groups excluding carboxylic acids is 1. The Labute approximate surface area is 121 Å². The largest absolute Gasteiger partial charge is 0.507 e. The van der Waals surface area contributed by atoms with Crippen LogP contribution in [0.4, 0.5) is 8.78 Å². The molecule has 3 rings (SSSR count). The molecule has 0 bridgehead atoms. The molecule has 6 heteroatoms. The molecule has 1 atom stereocenters. The third kappa shape index (κ3) is 3.00. The van der Waals surface area contributed by atoms with Crippen molar-refractivity contribution < 1.29 is 23.4 Å². The van der Waals surface area contributed by atoms with Gasteiger partial charge in [0.2, 0.25) is 0 Å². The van der Waals surface area contributed by atoms with E-state index in [1.165, 1.54) is 0 Å². The topological polar surface area (TPSA) is 49.8 Å². The van der Waals surface area contributed by atoms with E-state index >= 15 is 0 Å². The first-order valence-electron chi connectivity index (χ1n) is 7.13. The molecule has 0 spiro atoms. The molecule has 1 saturated carbocycles. The second kappa shape index (κ2) is 5.60. The lowest BCUT2D eigenvalue weighted by atomic mass is 10.1. The summed E-state index contributed by atoms with van der Waals surface area (Å²) in [6.45, 7) is 1.75. The Kier molecular flexibility index (Phi) is 3.80. The lowest BCUT2D eigenvalue weighted by Gasteiger charge is -2.25. The van der Waals surface area contributed by atoms with Crippen molar-refractivity contribution in [1.82, 2.24) is 4.90 Å². The van der Waals surface area contributed by atoms with Gasteiger partial charge in [0.1, 0.15) is 22.9 Å². The quantitative estimate of drug-likeness (QED) is 0.928. The molecule has 1 aliphatic heterocycles. The van der Waals surface area contributed by atoms with Crippen molar-refractivity contribution in [3.05, 3.63) is 29.3 Å². The smallest absolute Gasteiger partial charge is 0.260 e. The lowest BCUT2D eigenvalue weighted by molar-refractivity contribution is 0.0698. The van der Waals surface area contributed by atoms with Gasteiger partial charge in [-0.1, -0.05) is 0 Å². The van der Waals surface area contributed by atoms with E-state index in [1.54, 1.807) is 4.90 Å². The van der Waals surface area contributed by atoms with E-state index in [-0.39, 0.29) is 12.0 Å². The number of ether oxygens (including phenoxy) is 1. The maximum Gasteiger partial charge on any atom is 0.260 e. The van der Waals surface area contributed by atoms with E-state index in [2.05, 4.69) is 0 Å². The number of phenolic OH excluding ortho intramolecular Hbond substituents is 1. The minimum absolute atomic E-state index is 0.0851. The molecule has 1 aliphatic carbocycles. The number of hydrogen-bond donors (Lipinski definition) is 1. The van der Waals surface area contributed by atoms with Crippen LogP contribution in [-0.2, 0) is 4.74 Å². The van der Waals surface area contributed by atoms with Gasteiger partial charge in [0.25, 0.3) is 5.91 Å². The SMILES string of the molecule is O=C(c1c(O)cc(F)cc1F)N(C[C@H]1CCOC1)C1CC1. The number of nitrogens with zero attached hydrogens (tertiary/aromatic N) is 1. The Balaban J connectivity index is 1.83. The monoisotopic (exact) mass is 297 g/mol. The van der Waals surface area contributed by atoms with Crippen LogP contribution in [0.15, 0.2) is 12.1 Å². The van der Waals surface area contributed by atoms with E-state index < -0.39 is 28.9 Å². The van der Waals surface area contributed by atoms with Crippen LogP contribution in [0, 0.1) is 17.6 Å². The van der Waals surface area contributed by atoms with E-state index in [9.17, 15) is 18.7 Å². The van der Waals surface area contributed by atoms with Gasteiger partial charge in [-0.05, 0) is 19.3 Å². The number of benzene rings is 1. The van der Waals surface area contributed by atoms with Crippen molar-refractivity contribution in [2.75, 3.05) is 19.8 Å². The maximum absolute atomic E-state index is 13.8. The Morgan fingerprint density at radius 2 is 2.10 bits per heavy atom. The molecule has 2 aliphatic rings. The number of amides is 1. The zero-order valence-corrected chi connectivity index (χ0v) is 11.5. The van der Waals surface area contributed by atoms with Gasteiger partial charge in [0.05, 0.1) is 6.61 Å². The predicted octanol–water partition coefficient (Wildman–Crippen LogP) is 2.31. The van der Waals surface area contributed by atoms with Crippen LogP contribution < -0.4 is 0 Å². The van der Waals surface area contributed by atoms with Crippen LogP contribution in [0.1, 0.15) is 29.6 Å². The Morgan fingerprint density at radius 1 is 1.33 bits per heavy atom. The first-order valence-corrected chi connectivity index (χ1v) is 7.13. The van der Waals surface area contributed by atoms with Crippen LogP contribution in [0.25, 0.3) is 0 Å². The fraction of sp³-hybridized carbons (Fsp3) is 0.533. The van der Waals surface area contributed by atoms with Gasteiger partial charge < -0.3 is 14.7 Å². The molecule has 1 saturated heterocycles. The van der Waals surface area contributed by atoms with Gasteiger partial charge in [-0.3, -0.25) is 4.79 Å². The Morgan fingerprint density at radius 3 is 2.67 bits per heavy atom. The van der Waals surface area contributed by atoms with Crippen molar-refractivity contribution >= 4 is 5.91 Å². The van der Waals surface area contributed by atoms with E-state index in [0.29, 0.717) is 25.8 Å². The highest BCUT2D eigenvalue weighted by Gasteiger charge is 2.37. The van der Waals surface area contributed by atoms with Gasteiger partial charge in [0, 0.05) is 37.2 Å². The fourth-order valence-electron chi connectivity index (χ4n) is 2.70. The third-order valence-corrected chi connectivity index (χ3v) is 3.98. The predicted molar refractivity (Wildman–Crippen MR) is 71.0 cm³/mol. The van der Waals surface area contributed by atoms with Crippen LogP contribution in [0.5, 0.6) is 5.75 Å². The Bertz CT molecular complexity index is 531. The zero-order valence-electron chi connectivity index (χ0n) is 11.5. The third-order valence-electron chi connectivity index (χ3n) is 3.98. The minimum Gasteiger partial charge on any atom is -0.507 e. The molecule has 1 amide bonds.